The van der Waals surface area contributed by atoms with Gasteiger partial charge in [-0.3, -0.25) is 9.59 Å². The van der Waals surface area contributed by atoms with E-state index < -0.39 is 12.0 Å². The minimum Gasteiger partial charge on any atom is -0.508 e. The number of nitrogen functional groups attached to an aromatic ring is 1. The average Bonchev–Trinajstić information content (AvgIpc) is 2.91. The number of pyridine rings is 1. The van der Waals surface area contributed by atoms with Crippen LogP contribution >= 0.6 is 0 Å². The molecule has 0 fully saturated rings. The predicted octanol–water partition coefficient (Wildman–Crippen LogP) is 4.11. The van der Waals surface area contributed by atoms with E-state index in [2.05, 4.69) is 15.6 Å². The van der Waals surface area contributed by atoms with Gasteiger partial charge in [-0.25, -0.2) is 4.98 Å². The van der Waals surface area contributed by atoms with E-state index in [9.17, 15) is 14.7 Å². The number of carbonyl (C=O) groups is 2. The molecule has 5 N–H and O–H groups in total. The second kappa shape index (κ2) is 11.9. The Kier molecular flexibility index (Phi) is 8.15. The zero-order valence-corrected chi connectivity index (χ0v) is 20.5. The van der Waals surface area contributed by atoms with Crippen LogP contribution < -0.4 is 16.4 Å². The zero-order valence-electron chi connectivity index (χ0n) is 20.5. The fourth-order valence-electron chi connectivity index (χ4n) is 4.20. The van der Waals surface area contributed by atoms with Gasteiger partial charge in [-0.2, -0.15) is 0 Å². The SMILES string of the molecule is CC(NC(=O)C(Cc1ccc(N)nc1)NC(=O)C(c1ccccc1)c1ccccc1)c1ccc(O)cc1. The third-order valence-electron chi connectivity index (χ3n) is 6.20. The highest BCUT2D eigenvalue weighted by atomic mass is 16.3. The number of phenols is 1. The lowest BCUT2D eigenvalue weighted by atomic mass is 9.90. The lowest BCUT2D eigenvalue weighted by Crippen LogP contribution is -2.49. The van der Waals surface area contributed by atoms with Gasteiger partial charge >= 0.3 is 0 Å². The molecule has 3 aromatic carbocycles. The van der Waals surface area contributed by atoms with Gasteiger partial charge in [-0.05, 0) is 47.4 Å². The topological polar surface area (TPSA) is 117 Å². The maximum atomic E-state index is 13.7. The molecule has 0 aliphatic rings. The number of anilines is 1. The normalized spacial score (nSPS) is 12.5. The first kappa shape index (κ1) is 25.4. The molecule has 0 radical (unpaired) electrons. The van der Waals surface area contributed by atoms with Gasteiger partial charge in [0.15, 0.2) is 0 Å². The highest BCUT2D eigenvalue weighted by Crippen LogP contribution is 2.25. The molecule has 2 atom stereocenters. The number of amides is 2. The van der Waals surface area contributed by atoms with Crippen molar-refractivity contribution in [2.24, 2.45) is 0 Å². The van der Waals surface area contributed by atoms with E-state index >= 15 is 0 Å². The Labute approximate surface area is 216 Å². The Morgan fingerprint density at radius 1 is 0.784 bits per heavy atom. The second-order valence-electron chi connectivity index (χ2n) is 8.93. The highest BCUT2D eigenvalue weighted by Gasteiger charge is 2.29. The quantitative estimate of drug-likeness (QED) is 0.279. The maximum absolute atomic E-state index is 13.7. The van der Waals surface area contributed by atoms with Crippen LogP contribution in [0.3, 0.4) is 0 Å². The van der Waals surface area contributed by atoms with E-state index in [4.69, 9.17) is 5.73 Å². The van der Waals surface area contributed by atoms with Crippen molar-refractivity contribution < 1.29 is 14.7 Å². The molecule has 188 valence electrons. The van der Waals surface area contributed by atoms with Crippen molar-refractivity contribution in [3.8, 4) is 5.75 Å². The molecule has 7 nitrogen and oxygen atoms in total. The number of nitrogens with zero attached hydrogens (tertiary/aromatic N) is 1. The van der Waals surface area contributed by atoms with E-state index in [0.29, 0.717) is 5.82 Å². The molecule has 4 rings (SSSR count). The molecule has 7 heteroatoms. The number of hydrogen-bond donors (Lipinski definition) is 4. The lowest BCUT2D eigenvalue weighted by Gasteiger charge is -2.25. The van der Waals surface area contributed by atoms with Gasteiger partial charge in [-0.1, -0.05) is 78.9 Å². The van der Waals surface area contributed by atoms with Crippen LogP contribution in [0.1, 0.15) is 41.1 Å². The third-order valence-corrected chi connectivity index (χ3v) is 6.20. The van der Waals surface area contributed by atoms with Crippen LogP contribution in [0.2, 0.25) is 0 Å². The number of hydrogen-bond acceptors (Lipinski definition) is 5. The summed E-state index contributed by atoms with van der Waals surface area (Å²) in [5.74, 6) is -0.667. The Bertz CT molecular complexity index is 1270. The van der Waals surface area contributed by atoms with Crippen LogP contribution in [0.4, 0.5) is 5.82 Å². The summed E-state index contributed by atoms with van der Waals surface area (Å²) in [6.45, 7) is 1.85. The van der Waals surface area contributed by atoms with Crippen LogP contribution in [-0.2, 0) is 16.0 Å². The summed E-state index contributed by atoms with van der Waals surface area (Å²) < 4.78 is 0. The second-order valence-corrected chi connectivity index (χ2v) is 8.93. The van der Waals surface area contributed by atoms with Gasteiger partial charge < -0.3 is 21.5 Å². The molecule has 37 heavy (non-hydrogen) atoms. The van der Waals surface area contributed by atoms with Crippen molar-refractivity contribution in [2.75, 3.05) is 5.73 Å². The van der Waals surface area contributed by atoms with Crippen molar-refractivity contribution >= 4 is 17.6 Å². The van der Waals surface area contributed by atoms with Crippen LogP contribution in [-0.4, -0.2) is 27.9 Å². The van der Waals surface area contributed by atoms with Crippen LogP contribution in [0.5, 0.6) is 5.75 Å². The number of nitrogens with two attached hydrogens (primary N) is 1. The van der Waals surface area contributed by atoms with E-state index in [0.717, 1.165) is 22.3 Å². The Balaban J connectivity index is 1.60. The molecule has 4 aromatic rings. The summed E-state index contributed by atoms with van der Waals surface area (Å²) in [6.07, 6.45) is 1.85. The maximum Gasteiger partial charge on any atom is 0.243 e. The monoisotopic (exact) mass is 494 g/mol. The smallest absolute Gasteiger partial charge is 0.243 e. The molecule has 2 amide bonds. The minimum absolute atomic E-state index is 0.149. The first-order valence-corrected chi connectivity index (χ1v) is 12.1. The number of rotatable bonds is 9. The number of phenolic OH excluding ortho intramolecular Hbond substituents is 1. The van der Waals surface area contributed by atoms with E-state index in [1.165, 1.54) is 0 Å². The molecule has 0 saturated carbocycles. The van der Waals surface area contributed by atoms with Gasteiger partial charge in [0, 0.05) is 12.6 Å². The summed E-state index contributed by atoms with van der Waals surface area (Å²) in [5, 5.41) is 15.6. The van der Waals surface area contributed by atoms with Crippen molar-refractivity contribution in [2.45, 2.75) is 31.3 Å². The standard InChI is InChI=1S/C30H30N4O3/c1-20(22-13-15-25(35)16-14-22)33-29(36)26(18-21-12-17-27(31)32-19-21)34-30(37)28(23-8-4-2-5-9-23)24-10-6-3-7-11-24/h2-17,19-20,26,28,35H,18H2,1H3,(H2,31,32)(H,33,36)(H,34,37). The fraction of sp³-hybridized carbons (Fsp3) is 0.167. The van der Waals surface area contributed by atoms with Gasteiger partial charge in [0.05, 0.1) is 12.0 Å². The van der Waals surface area contributed by atoms with Crippen molar-refractivity contribution in [1.82, 2.24) is 15.6 Å². The first-order valence-electron chi connectivity index (χ1n) is 12.1. The number of aromatic nitrogens is 1. The van der Waals surface area contributed by atoms with Crippen LogP contribution in [0, 0.1) is 0 Å². The molecule has 0 aliphatic heterocycles. The number of carbonyl (C=O) groups excluding carboxylic acids is 2. The lowest BCUT2D eigenvalue weighted by molar-refractivity contribution is -0.129. The summed E-state index contributed by atoms with van der Waals surface area (Å²) in [6, 6.07) is 27.9. The van der Waals surface area contributed by atoms with Crippen molar-refractivity contribution in [3.63, 3.8) is 0 Å². The van der Waals surface area contributed by atoms with E-state index in [1.807, 2.05) is 67.6 Å². The Hall–Kier alpha value is -4.65. The summed E-state index contributed by atoms with van der Waals surface area (Å²) >= 11 is 0. The highest BCUT2D eigenvalue weighted by molar-refractivity contribution is 5.92. The van der Waals surface area contributed by atoms with Crippen LogP contribution in [0.15, 0.2) is 103 Å². The molecule has 2 unspecified atom stereocenters. The molecular formula is C30H30N4O3. The van der Waals surface area contributed by atoms with Gasteiger partial charge in [0.2, 0.25) is 11.8 Å². The molecule has 1 heterocycles. The fourth-order valence-corrected chi connectivity index (χ4v) is 4.20. The third kappa shape index (κ3) is 6.73. The molecule has 0 aliphatic carbocycles. The molecule has 0 bridgehead atoms. The molecule has 0 spiro atoms. The van der Waals surface area contributed by atoms with Crippen molar-refractivity contribution in [1.29, 1.82) is 0 Å². The molecular weight excluding hydrogens is 464 g/mol. The Morgan fingerprint density at radius 3 is 1.92 bits per heavy atom. The molecule has 0 saturated heterocycles. The van der Waals surface area contributed by atoms with E-state index in [-0.39, 0.29) is 30.0 Å². The number of nitrogens with one attached hydrogen (secondary N) is 2. The number of benzene rings is 3. The van der Waals surface area contributed by atoms with E-state index in [1.54, 1.807) is 42.6 Å². The molecule has 1 aromatic heterocycles. The average molecular weight is 495 g/mol. The number of aromatic hydroxyl groups is 1. The summed E-state index contributed by atoms with van der Waals surface area (Å²) in [7, 11) is 0. The Morgan fingerprint density at radius 2 is 1.38 bits per heavy atom. The van der Waals surface area contributed by atoms with Crippen LogP contribution in [0.25, 0.3) is 0 Å². The first-order chi connectivity index (χ1) is 17.9. The summed E-state index contributed by atoms with van der Waals surface area (Å²) in [5.41, 5.74) is 8.99. The van der Waals surface area contributed by atoms with Crippen molar-refractivity contribution in [3.05, 3.63) is 126 Å². The van der Waals surface area contributed by atoms with Gasteiger partial charge in [0.1, 0.15) is 17.6 Å². The summed E-state index contributed by atoms with van der Waals surface area (Å²) in [4.78, 5) is 31.3. The predicted molar refractivity (Wildman–Crippen MR) is 144 cm³/mol. The zero-order chi connectivity index (χ0) is 26.2. The van der Waals surface area contributed by atoms with Gasteiger partial charge in [0.25, 0.3) is 0 Å². The largest absolute Gasteiger partial charge is 0.508 e. The minimum atomic E-state index is -0.854. The van der Waals surface area contributed by atoms with Gasteiger partial charge in [-0.15, -0.1) is 0 Å².